The number of likely N-dealkylation sites (tertiary alicyclic amines) is 1. The summed E-state index contributed by atoms with van der Waals surface area (Å²) in [5, 5.41) is 0. The number of ether oxygens (including phenoxy) is 1. The van der Waals surface area contributed by atoms with Gasteiger partial charge in [-0.15, -0.1) is 23.7 Å². The Labute approximate surface area is 161 Å². The van der Waals surface area contributed by atoms with Crippen molar-refractivity contribution in [1.29, 1.82) is 0 Å². The van der Waals surface area contributed by atoms with Crippen LogP contribution in [-0.4, -0.2) is 43.2 Å². The highest BCUT2D eigenvalue weighted by atomic mass is 35.5. The summed E-state index contributed by atoms with van der Waals surface area (Å²) in [6, 6.07) is 2.18. The van der Waals surface area contributed by atoms with Crippen LogP contribution in [0.3, 0.4) is 0 Å². The van der Waals surface area contributed by atoms with E-state index in [4.69, 9.17) is 10.5 Å². The topological polar surface area (TPSA) is 55.6 Å². The van der Waals surface area contributed by atoms with Crippen molar-refractivity contribution in [2.45, 2.75) is 63.9 Å². The molecule has 142 valence electrons. The average molecular weight is 387 g/mol. The fourth-order valence-corrected chi connectivity index (χ4v) is 4.89. The molecule has 1 amide bonds. The van der Waals surface area contributed by atoms with Crippen LogP contribution in [0.25, 0.3) is 0 Å². The van der Waals surface area contributed by atoms with Crippen molar-refractivity contribution < 1.29 is 9.53 Å². The molecule has 1 aromatic heterocycles. The highest BCUT2D eigenvalue weighted by Crippen LogP contribution is 2.30. The molecule has 3 rings (SSSR count). The number of rotatable bonds is 5. The van der Waals surface area contributed by atoms with E-state index in [0.29, 0.717) is 12.6 Å². The van der Waals surface area contributed by atoms with Crippen LogP contribution in [0.5, 0.6) is 0 Å². The lowest BCUT2D eigenvalue weighted by Gasteiger charge is -2.31. The van der Waals surface area contributed by atoms with E-state index in [2.05, 4.69) is 6.07 Å². The molecule has 25 heavy (non-hydrogen) atoms. The molecule has 2 heterocycles. The molecule has 6 heteroatoms. The predicted molar refractivity (Wildman–Crippen MR) is 106 cm³/mol. The molecular weight excluding hydrogens is 356 g/mol. The van der Waals surface area contributed by atoms with Crippen molar-refractivity contribution in [1.82, 2.24) is 4.90 Å². The van der Waals surface area contributed by atoms with Gasteiger partial charge in [-0.2, -0.15) is 0 Å². The van der Waals surface area contributed by atoms with Gasteiger partial charge < -0.3 is 15.4 Å². The second kappa shape index (κ2) is 10.5. The number of amides is 1. The van der Waals surface area contributed by atoms with Gasteiger partial charge in [-0.3, -0.25) is 4.79 Å². The Morgan fingerprint density at radius 2 is 1.92 bits per heavy atom. The number of nitrogens with two attached hydrogens (primary N) is 1. The average Bonchev–Trinajstić information content (AvgIpc) is 2.97. The number of piperidine rings is 1. The first kappa shape index (κ1) is 20.7. The molecule has 0 atom stereocenters. The van der Waals surface area contributed by atoms with Gasteiger partial charge in [0.25, 0.3) is 5.91 Å². The normalized spacial score (nSPS) is 18.8. The number of hydrogen-bond acceptors (Lipinski definition) is 4. The van der Waals surface area contributed by atoms with E-state index in [-0.39, 0.29) is 18.3 Å². The van der Waals surface area contributed by atoms with Crippen molar-refractivity contribution in [2.24, 2.45) is 5.73 Å². The Morgan fingerprint density at radius 1 is 1.20 bits per heavy atom. The Morgan fingerprint density at radius 3 is 2.64 bits per heavy atom. The smallest absolute Gasteiger partial charge is 0.263 e. The number of nitrogens with zero attached hydrogens (tertiary/aromatic N) is 1. The van der Waals surface area contributed by atoms with Gasteiger partial charge in [0.2, 0.25) is 0 Å². The van der Waals surface area contributed by atoms with Crippen LogP contribution in [0.2, 0.25) is 0 Å². The maximum atomic E-state index is 12.8. The standard InChI is InChI=1S/C19H30N2O2S.ClH/c20-10-5-13-23-16-8-11-21(12-9-16)19(22)18-14-15-6-3-1-2-4-7-17(15)24-18;/h14,16H,1-13,20H2;1H. The summed E-state index contributed by atoms with van der Waals surface area (Å²) in [5.74, 6) is 0.229. The second-order valence-corrected chi connectivity index (χ2v) is 8.11. The third kappa shape index (κ3) is 5.68. The molecular formula is C19H31ClN2O2S. The van der Waals surface area contributed by atoms with E-state index < -0.39 is 0 Å². The van der Waals surface area contributed by atoms with Gasteiger partial charge in [-0.05, 0) is 63.1 Å². The third-order valence-corrected chi connectivity index (χ3v) is 6.36. The van der Waals surface area contributed by atoms with Crippen LogP contribution in [0, 0.1) is 0 Å². The summed E-state index contributed by atoms with van der Waals surface area (Å²) in [6.07, 6.45) is 10.6. The van der Waals surface area contributed by atoms with Crippen LogP contribution < -0.4 is 5.73 Å². The summed E-state index contributed by atoms with van der Waals surface area (Å²) < 4.78 is 5.84. The lowest BCUT2D eigenvalue weighted by molar-refractivity contribution is 0.00857. The molecule has 4 nitrogen and oxygen atoms in total. The van der Waals surface area contributed by atoms with Crippen molar-refractivity contribution >= 4 is 29.7 Å². The number of aryl methyl sites for hydroxylation is 2. The number of fused-ring (bicyclic) bond motifs is 1. The first-order chi connectivity index (χ1) is 11.8. The van der Waals surface area contributed by atoms with Crippen LogP contribution in [0.15, 0.2) is 6.07 Å². The number of carbonyl (C=O) groups excluding carboxylic acids is 1. The Balaban J connectivity index is 0.00000225. The van der Waals surface area contributed by atoms with Crippen molar-refractivity contribution in [2.75, 3.05) is 26.2 Å². The van der Waals surface area contributed by atoms with E-state index >= 15 is 0 Å². The number of thiophene rings is 1. The minimum absolute atomic E-state index is 0. The minimum Gasteiger partial charge on any atom is -0.378 e. The molecule has 0 bridgehead atoms. The molecule has 0 aromatic carbocycles. The quantitative estimate of drug-likeness (QED) is 0.783. The molecule has 0 spiro atoms. The van der Waals surface area contributed by atoms with Crippen LogP contribution in [-0.2, 0) is 17.6 Å². The summed E-state index contributed by atoms with van der Waals surface area (Å²) >= 11 is 1.74. The van der Waals surface area contributed by atoms with E-state index in [9.17, 15) is 4.79 Å². The first-order valence-electron chi connectivity index (χ1n) is 9.50. The van der Waals surface area contributed by atoms with Gasteiger partial charge in [0.05, 0.1) is 11.0 Å². The SMILES string of the molecule is Cl.NCCCOC1CCN(C(=O)c2cc3c(s2)CCCCCC3)CC1. The maximum absolute atomic E-state index is 12.8. The van der Waals surface area contributed by atoms with Gasteiger partial charge >= 0.3 is 0 Å². The zero-order chi connectivity index (χ0) is 16.8. The third-order valence-electron chi connectivity index (χ3n) is 5.14. The van der Waals surface area contributed by atoms with Gasteiger partial charge in [-0.25, -0.2) is 0 Å². The highest BCUT2D eigenvalue weighted by molar-refractivity contribution is 7.14. The molecule has 1 aliphatic heterocycles. The predicted octanol–water partition coefficient (Wildman–Crippen LogP) is 3.80. The molecule has 0 unspecified atom stereocenters. The fourth-order valence-electron chi connectivity index (χ4n) is 3.66. The summed E-state index contributed by atoms with van der Waals surface area (Å²) in [6.45, 7) is 3.05. The highest BCUT2D eigenvalue weighted by Gasteiger charge is 2.26. The van der Waals surface area contributed by atoms with Crippen molar-refractivity contribution in [3.05, 3.63) is 21.4 Å². The zero-order valence-corrected chi connectivity index (χ0v) is 16.6. The molecule has 0 radical (unpaired) electrons. The van der Waals surface area contributed by atoms with E-state index in [1.54, 1.807) is 11.3 Å². The molecule has 1 fully saturated rings. The van der Waals surface area contributed by atoms with Gasteiger partial charge in [-0.1, -0.05) is 12.8 Å². The lowest BCUT2D eigenvalue weighted by atomic mass is 9.99. The number of carbonyl (C=O) groups is 1. The molecule has 2 N–H and O–H groups in total. The number of halogens is 1. The maximum Gasteiger partial charge on any atom is 0.263 e. The fraction of sp³-hybridized carbons (Fsp3) is 0.737. The van der Waals surface area contributed by atoms with E-state index in [1.807, 2.05) is 4.90 Å². The minimum atomic E-state index is 0. The Hall–Kier alpha value is -0.620. The van der Waals surface area contributed by atoms with E-state index in [0.717, 1.165) is 56.7 Å². The molecule has 1 aliphatic carbocycles. The summed E-state index contributed by atoms with van der Waals surface area (Å²) in [7, 11) is 0. The first-order valence-corrected chi connectivity index (χ1v) is 10.3. The molecule has 2 aliphatic rings. The molecule has 1 aromatic rings. The Bertz CT molecular complexity index is 516. The van der Waals surface area contributed by atoms with Crippen LogP contribution in [0.4, 0.5) is 0 Å². The molecule has 0 saturated carbocycles. The summed E-state index contributed by atoms with van der Waals surface area (Å²) in [4.78, 5) is 17.3. The second-order valence-electron chi connectivity index (χ2n) is 6.98. The molecule has 1 saturated heterocycles. The van der Waals surface area contributed by atoms with E-state index in [1.165, 1.54) is 36.1 Å². The van der Waals surface area contributed by atoms with Crippen LogP contribution >= 0.6 is 23.7 Å². The lowest BCUT2D eigenvalue weighted by Crippen LogP contribution is -2.40. The van der Waals surface area contributed by atoms with Gasteiger partial charge in [0, 0.05) is 24.6 Å². The van der Waals surface area contributed by atoms with Crippen molar-refractivity contribution in [3.8, 4) is 0 Å². The van der Waals surface area contributed by atoms with Gasteiger partial charge in [0.15, 0.2) is 0 Å². The van der Waals surface area contributed by atoms with Gasteiger partial charge in [0.1, 0.15) is 0 Å². The van der Waals surface area contributed by atoms with Crippen LogP contribution in [0.1, 0.15) is 65.1 Å². The zero-order valence-electron chi connectivity index (χ0n) is 15.0. The number of hydrogen-bond donors (Lipinski definition) is 1. The van der Waals surface area contributed by atoms with Crippen molar-refractivity contribution in [3.63, 3.8) is 0 Å². The Kier molecular flexibility index (Phi) is 8.70. The monoisotopic (exact) mass is 386 g/mol. The summed E-state index contributed by atoms with van der Waals surface area (Å²) in [5.41, 5.74) is 6.93. The largest absolute Gasteiger partial charge is 0.378 e.